The molecule has 0 aliphatic rings. The number of carbonyl (C=O) groups excluding carboxylic acids is 2. The van der Waals surface area contributed by atoms with E-state index < -0.39 is 23.2 Å². The molecule has 0 radical (unpaired) electrons. The molecule has 0 aromatic heterocycles. The molecule has 0 aliphatic heterocycles. The summed E-state index contributed by atoms with van der Waals surface area (Å²) < 4.78 is 26.8. The number of para-hydroxylation sites is 1. The topological polar surface area (TPSA) is 61.4 Å². The van der Waals surface area contributed by atoms with Gasteiger partial charge in [-0.2, -0.15) is 0 Å². The highest BCUT2D eigenvalue weighted by atomic mass is 19.1. The molecule has 1 rings (SSSR count). The summed E-state index contributed by atoms with van der Waals surface area (Å²) >= 11 is 0. The summed E-state index contributed by atoms with van der Waals surface area (Å²) in [6.07, 6.45) is 0. The van der Waals surface area contributed by atoms with E-state index in [1.165, 1.54) is 11.0 Å². The molecule has 2 amide bonds. The van der Waals surface area contributed by atoms with Crippen LogP contribution >= 0.6 is 0 Å². The SMILES string of the molecule is CN(CC(=O)Nc1c(F)cccc1F)CC(=O)NC(C)(C)C. The van der Waals surface area contributed by atoms with Crippen molar-refractivity contribution in [1.29, 1.82) is 0 Å². The van der Waals surface area contributed by atoms with Crippen LogP contribution < -0.4 is 10.6 Å². The van der Waals surface area contributed by atoms with Gasteiger partial charge in [0, 0.05) is 5.54 Å². The maximum atomic E-state index is 13.4. The normalized spacial score (nSPS) is 11.4. The molecule has 0 heterocycles. The molecule has 1 aromatic carbocycles. The van der Waals surface area contributed by atoms with Gasteiger partial charge < -0.3 is 10.6 Å². The first-order valence-electron chi connectivity index (χ1n) is 6.82. The van der Waals surface area contributed by atoms with Crippen LogP contribution in [0.5, 0.6) is 0 Å². The molecule has 0 atom stereocenters. The zero-order chi connectivity index (χ0) is 16.9. The molecule has 0 bridgehead atoms. The first-order valence-corrected chi connectivity index (χ1v) is 6.82. The molecule has 0 spiro atoms. The Labute approximate surface area is 128 Å². The summed E-state index contributed by atoms with van der Waals surface area (Å²) in [6.45, 7) is 5.38. The Morgan fingerprint density at radius 1 is 1.09 bits per heavy atom. The second kappa shape index (κ2) is 7.31. The van der Waals surface area contributed by atoms with Gasteiger partial charge in [0.25, 0.3) is 0 Å². The van der Waals surface area contributed by atoms with Gasteiger partial charge in [-0.15, -0.1) is 0 Å². The first kappa shape index (κ1) is 18.0. The lowest BCUT2D eigenvalue weighted by Crippen LogP contribution is -2.46. The zero-order valence-corrected chi connectivity index (χ0v) is 13.2. The van der Waals surface area contributed by atoms with Crippen molar-refractivity contribution in [3.05, 3.63) is 29.8 Å². The van der Waals surface area contributed by atoms with Crippen molar-refractivity contribution >= 4 is 17.5 Å². The van der Waals surface area contributed by atoms with Crippen LogP contribution in [0.3, 0.4) is 0 Å². The lowest BCUT2D eigenvalue weighted by molar-refractivity contribution is -0.124. The monoisotopic (exact) mass is 313 g/mol. The van der Waals surface area contributed by atoms with Crippen molar-refractivity contribution in [2.75, 3.05) is 25.5 Å². The minimum Gasteiger partial charge on any atom is -0.350 e. The van der Waals surface area contributed by atoms with Crippen molar-refractivity contribution in [1.82, 2.24) is 10.2 Å². The minimum atomic E-state index is -0.846. The highest BCUT2D eigenvalue weighted by molar-refractivity contribution is 5.92. The lowest BCUT2D eigenvalue weighted by atomic mass is 10.1. The third kappa shape index (κ3) is 6.17. The Balaban J connectivity index is 2.53. The Morgan fingerprint density at radius 3 is 2.09 bits per heavy atom. The van der Waals surface area contributed by atoms with Crippen molar-refractivity contribution in [2.24, 2.45) is 0 Å². The number of nitrogens with zero attached hydrogens (tertiary/aromatic N) is 1. The van der Waals surface area contributed by atoms with Crippen LogP contribution in [0.25, 0.3) is 0 Å². The summed E-state index contributed by atoms with van der Waals surface area (Å²) in [5, 5.41) is 4.93. The van der Waals surface area contributed by atoms with Crippen LogP contribution in [-0.2, 0) is 9.59 Å². The Morgan fingerprint density at radius 2 is 1.59 bits per heavy atom. The Bertz CT molecular complexity index is 536. The molecule has 7 heteroatoms. The second-order valence-electron chi connectivity index (χ2n) is 6.12. The van der Waals surface area contributed by atoms with Crippen molar-refractivity contribution in [3.8, 4) is 0 Å². The van der Waals surface area contributed by atoms with E-state index in [4.69, 9.17) is 0 Å². The molecule has 0 saturated carbocycles. The Kier molecular flexibility index (Phi) is 5.99. The van der Waals surface area contributed by atoms with E-state index in [0.717, 1.165) is 12.1 Å². The van der Waals surface area contributed by atoms with Crippen LogP contribution in [0, 0.1) is 11.6 Å². The fraction of sp³-hybridized carbons (Fsp3) is 0.467. The highest BCUT2D eigenvalue weighted by Gasteiger charge is 2.17. The van der Waals surface area contributed by atoms with Gasteiger partial charge in [-0.3, -0.25) is 14.5 Å². The fourth-order valence-electron chi connectivity index (χ4n) is 1.80. The predicted molar refractivity (Wildman–Crippen MR) is 80.4 cm³/mol. The summed E-state index contributed by atoms with van der Waals surface area (Å²) in [5.74, 6) is -2.53. The smallest absolute Gasteiger partial charge is 0.238 e. The van der Waals surface area contributed by atoms with Crippen molar-refractivity contribution in [3.63, 3.8) is 0 Å². The molecule has 5 nitrogen and oxygen atoms in total. The molecule has 0 aliphatic carbocycles. The fourth-order valence-corrected chi connectivity index (χ4v) is 1.80. The third-order valence-electron chi connectivity index (χ3n) is 2.57. The summed E-state index contributed by atoms with van der Waals surface area (Å²) in [6, 6.07) is 3.32. The molecular formula is C15H21F2N3O2. The average molecular weight is 313 g/mol. The maximum Gasteiger partial charge on any atom is 0.238 e. The van der Waals surface area contributed by atoms with Crippen LogP contribution in [0.4, 0.5) is 14.5 Å². The van der Waals surface area contributed by atoms with Gasteiger partial charge in [0.05, 0.1) is 13.1 Å². The molecule has 22 heavy (non-hydrogen) atoms. The van der Waals surface area contributed by atoms with Gasteiger partial charge in [0.2, 0.25) is 11.8 Å². The second-order valence-corrected chi connectivity index (χ2v) is 6.12. The number of hydrogen-bond acceptors (Lipinski definition) is 3. The maximum absolute atomic E-state index is 13.4. The predicted octanol–water partition coefficient (Wildman–Crippen LogP) is 1.75. The van der Waals surface area contributed by atoms with Crippen LogP contribution in [0.1, 0.15) is 20.8 Å². The van der Waals surface area contributed by atoms with E-state index >= 15 is 0 Å². The van der Waals surface area contributed by atoms with Crippen LogP contribution in [-0.4, -0.2) is 42.4 Å². The van der Waals surface area contributed by atoms with Gasteiger partial charge in [-0.1, -0.05) is 6.07 Å². The van der Waals surface area contributed by atoms with Crippen LogP contribution in [0.15, 0.2) is 18.2 Å². The molecule has 2 N–H and O–H groups in total. The van der Waals surface area contributed by atoms with Gasteiger partial charge in [0.1, 0.15) is 17.3 Å². The molecule has 122 valence electrons. The third-order valence-corrected chi connectivity index (χ3v) is 2.57. The van der Waals surface area contributed by atoms with E-state index in [1.807, 2.05) is 20.8 Å². The number of hydrogen-bond donors (Lipinski definition) is 2. The van der Waals surface area contributed by atoms with Gasteiger partial charge >= 0.3 is 0 Å². The van der Waals surface area contributed by atoms with E-state index in [9.17, 15) is 18.4 Å². The number of likely N-dealkylation sites (N-methyl/N-ethyl adjacent to an activating group) is 1. The van der Waals surface area contributed by atoms with E-state index in [1.54, 1.807) is 7.05 Å². The van der Waals surface area contributed by atoms with Gasteiger partial charge in [-0.25, -0.2) is 8.78 Å². The first-order chi connectivity index (χ1) is 10.1. The number of carbonyl (C=O) groups is 2. The quantitative estimate of drug-likeness (QED) is 0.870. The number of halogens is 2. The van der Waals surface area contributed by atoms with Gasteiger partial charge in [-0.05, 0) is 40.0 Å². The van der Waals surface area contributed by atoms with E-state index in [-0.39, 0.29) is 24.5 Å². The highest BCUT2D eigenvalue weighted by Crippen LogP contribution is 2.17. The zero-order valence-electron chi connectivity index (χ0n) is 13.2. The molecule has 0 unspecified atom stereocenters. The number of benzene rings is 1. The number of nitrogens with one attached hydrogen (secondary N) is 2. The average Bonchev–Trinajstić information content (AvgIpc) is 2.31. The number of anilines is 1. The standard InChI is InChI=1S/C15H21F2N3O2/c1-15(2,3)19-13(22)9-20(4)8-12(21)18-14-10(16)6-5-7-11(14)17/h5-7H,8-9H2,1-4H3,(H,18,21)(H,19,22). The van der Waals surface area contributed by atoms with Gasteiger partial charge in [0.15, 0.2) is 0 Å². The Hall–Kier alpha value is -2.02. The molecule has 0 fully saturated rings. The van der Waals surface area contributed by atoms with Crippen LogP contribution in [0.2, 0.25) is 0 Å². The summed E-state index contributed by atoms with van der Waals surface area (Å²) in [7, 11) is 1.57. The number of amides is 2. The van der Waals surface area contributed by atoms with Crippen molar-refractivity contribution < 1.29 is 18.4 Å². The summed E-state index contributed by atoms with van der Waals surface area (Å²) in [4.78, 5) is 24.9. The lowest BCUT2D eigenvalue weighted by Gasteiger charge is -2.23. The molecule has 1 aromatic rings. The molecular weight excluding hydrogens is 292 g/mol. The van der Waals surface area contributed by atoms with E-state index in [0.29, 0.717) is 0 Å². The number of rotatable bonds is 5. The largest absolute Gasteiger partial charge is 0.350 e. The van der Waals surface area contributed by atoms with Crippen molar-refractivity contribution in [2.45, 2.75) is 26.3 Å². The minimum absolute atomic E-state index is 0.00441. The van der Waals surface area contributed by atoms with E-state index in [2.05, 4.69) is 10.6 Å². The molecule has 0 saturated heterocycles. The summed E-state index contributed by atoms with van der Waals surface area (Å²) in [5.41, 5.74) is -0.851.